The highest BCUT2D eigenvalue weighted by Crippen LogP contribution is 2.12. The lowest BCUT2D eigenvalue weighted by Gasteiger charge is -2.03. The van der Waals surface area contributed by atoms with Crippen LogP contribution in [0.5, 0.6) is 0 Å². The number of aliphatic imine (C=N–C) groups is 1. The lowest BCUT2D eigenvalue weighted by atomic mass is 10.1. The van der Waals surface area contributed by atoms with Gasteiger partial charge in [0.25, 0.3) is 0 Å². The van der Waals surface area contributed by atoms with Crippen LogP contribution in [0.2, 0.25) is 0 Å². The highest BCUT2D eigenvalue weighted by molar-refractivity contribution is 5.79. The smallest absolute Gasteiger partial charge is 0.198 e. The van der Waals surface area contributed by atoms with E-state index < -0.39 is 0 Å². The van der Waals surface area contributed by atoms with Gasteiger partial charge in [-0.2, -0.15) is 5.26 Å². The summed E-state index contributed by atoms with van der Waals surface area (Å²) in [5.74, 6) is 0.582. The Balaban J connectivity index is 1.95. The van der Waals surface area contributed by atoms with Gasteiger partial charge >= 0.3 is 0 Å². The molecule has 1 aliphatic rings. The predicted octanol–water partition coefficient (Wildman–Crippen LogP) is 1.94. The third kappa shape index (κ3) is 2.57. The Morgan fingerprint density at radius 3 is 2.93 bits per heavy atom. The minimum absolute atomic E-state index is 0.177. The fraction of sp³-hybridized carbons (Fsp3) is 0.333. The van der Waals surface area contributed by atoms with Crippen LogP contribution < -0.4 is 0 Å². The summed E-state index contributed by atoms with van der Waals surface area (Å²) in [4.78, 5) is 4.34. The molecule has 3 heteroatoms. The fourth-order valence-corrected chi connectivity index (χ4v) is 1.63. The Bertz CT molecular complexity index is 392. The summed E-state index contributed by atoms with van der Waals surface area (Å²) in [5.41, 5.74) is 1.26. The summed E-state index contributed by atoms with van der Waals surface area (Å²) in [6, 6.07) is 12.4. The van der Waals surface area contributed by atoms with Crippen LogP contribution in [0.25, 0.3) is 0 Å². The Labute approximate surface area is 89.0 Å². The van der Waals surface area contributed by atoms with E-state index in [2.05, 4.69) is 17.1 Å². The van der Waals surface area contributed by atoms with Gasteiger partial charge in [0.15, 0.2) is 5.90 Å². The maximum Gasteiger partial charge on any atom is 0.198 e. The van der Waals surface area contributed by atoms with E-state index in [4.69, 9.17) is 10.00 Å². The van der Waals surface area contributed by atoms with Gasteiger partial charge in [0.2, 0.25) is 0 Å². The van der Waals surface area contributed by atoms with E-state index in [-0.39, 0.29) is 12.5 Å². The van der Waals surface area contributed by atoms with Crippen LogP contribution >= 0.6 is 0 Å². The molecule has 0 N–H and O–H groups in total. The largest absolute Gasteiger partial charge is 0.478 e. The predicted molar refractivity (Wildman–Crippen MR) is 57.6 cm³/mol. The Morgan fingerprint density at radius 1 is 1.40 bits per heavy atom. The Morgan fingerprint density at radius 2 is 2.20 bits per heavy atom. The number of nitriles is 1. The number of benzene rings is 1. The molecule has 1 aliphatic heterocycles. The molecule has 0 bridgehead atoms. The van der Waals surface area contributed by atoms with Gasteiger partial charge in [-0.15, -0.1) is 0 Å². The van der Waals surface area contributed by atoms with Crippen molar-refractivity contribution in [2.75, 3.05) is 6.61 Å². The van der Waals surface area contributed by atoms with Crippen molar-refractivity contribution in [3.05, 3.63) is 35.9 Å². The standard InChI is InChI=1S/C12H12N2O/c13-7-6-12-14-11(9-15-12)8-10-4-2-1-3-5-10/h1-5,11H,6,8-9H2. The van der Waals surface area contributed by atoms with Gasteiger partial charge in [-0.05, 0) is 12.0 Å². The van der Waals surface area contributed by atoms with Crippen LogP contribution in [-0.4, -0.2) is 18.5 Å². The molecule has 0 aliphatic carbocycles. The highest BCUT2D eigenvalue weighted by Gasteiger charge is 2.18. The van der Waals surface area contributed by atoms with Crippen molar-refractivity contribution >= 4 is 5.90 Å². The second-order valence-corrected chi connectivity index (χ2v) is 3.51. The van der Waals surface area contributed by atoms with E-state index in [1.54, 1.807) is 0 Å². The molecule has 1 aromatic rings. The zero-order chi connectivity index (χ0) is 10.5. The number of hydrogen-bond donors (Lipinski definition) is 0. The summed E-state index contributed by atoms with van der Waals surface area (Å²) in [5, 5.41) is 8.49. The summed E-state index contributed by atoms with van der Waals surface area (Å²) >= 11 is 0. The van der Waals surface area contributed by atoms with Gasteiger partial charge in [0, 0.05) is 0 Å². The zero-order valence-electron chi connectivity index (χ0n) is 8.39. The van der Waals surface area contributed by atoms with Crippen LogP contribution in [0.1, 0.15) is 12.0 Å². The second kappa shape index (κ2) is 4.61. The van der Waals surface area contributed by atoms with E-state index in [1.807, 2.05) is 24.3 Å². The lowest BCUT2D eigenvalue weighted by molar-refractivity contribution is 0.312. The summed E-state index contributed by atoms with van der Waals surface area (Å²) < 4.78 is 5.31. The minimum atomic E-state index is 0.177. The number of ether oxygens (including phenoxy) is 1. The van der Waals surface area contributed by atoms with Crippen molar-refractivity contribution in [3.8, 4) is 6.07 Å². The normalized spacial score (nSPS) is 19.1. The molecule has 1 unspecified atom stereocenters. The van der Waals surface area contributed by atoms with E-state index >= 15 is 0 Å². The van der Waals surface area contributed by atoms with Crippen molar-refractivity contribution in [1.29, 1.82) is 5.26 Å². The van der Waals surface area contributed by atoms with Gasteiger partial charge < -0.3 is 4.74 Å². The summed E-state index contributed by atoms with van der Waals surface area (Å²) in [7, 11) is 0. The van der Waals surface area contributed by atoms with Crippen LogP contribution in [0.4, 0.5) is 0 Å². The topological polar surface area (TPSA) is 45.4 Å². The molecule has 1 atom stereocenters. The molecular formula is C12H12N2O. The monoisotopic (exact) mass is 200 g/mol. The van der Waals surface area contributed by atoms with Crippen molar-refractivity contribution < 1.29 is 4.74 Å². The molecule has 1 aromatic carbocycles. The van der Waals surface area contributed by atoms with Gasteiger partial charge in [0.1, 0.15) is 13.0 Å². The van der Waals surface area contributed by atoms with E-state index in [9.17, 15) is 0 Å². The molecule has 2 rings (SSSR count). The van der Waals surface area contributed by atoms with Crippen LogP contribution in [0, 0.1) is 11.3 Å². The first-order valence-electron chi connectivity index (χ1n) is 4.99. The Kier molecular flexibility index (Phi) is 2.99. The quantitative estimate of drug-likeness (QED) is 0.748. The number of nitrogens with zero attached hydrogens (tertiary/aromatic N) is 2. The first-order chi connectivity index (χ1) is 7.38. The van der Waals surface area contributed by atoms with Gasteiger partial charge in [-0.1, -0.05) is 30.3 Å². The lowest BCUT2D eigenvalue weighted by Crippen LogP contribution is -2.09. The second-order valence-electron chi connectivity index (χ2n) is 3.51. The van der Waals surface area contributed by atoms with Crippen LogP contribution in [0.3, 0.4) is 0 Å². The molecular weight excluding hydrogens is 188 g/mol. The molecule has 0 saturated carbocycles. The highest BCUT2D eigenvalue weighted by atomic mass is 16.5. The molecule has 0 amide bonds. The molecule has 76 valence electrons. The third-order valence-electron chi connectivity index (χ3n) is 2.31. The van der Waals surface area contributed by atoms with Gasteiger partial charge in [-0.25, -0.2) is 4.99 Å². The van der Waals surface area contributed by atoms with Crippen molar-refractivity contribution in [2.45, 2.75) is 18.9 Å². The minimum Gasteiger partial charge on any atom is -0.478 e. The molecule has 15 heavy (non-hydrogen) atoms. The van der Waals surface area contributed by atoms with E-state index in [1.165, 1.54) is 5.56 Å². The van der Waals surface area contributed by atoms with E-state index in [0.29, 0.717) is 12.5 Å². The van der Waals surface area contributed by atoms with Gasteiger partial charge in [0.05, 0.1) is 12.1 Å². The first-order valence-corrected chi connectivity index (χ1v) is 4.99. The van der Waals surface area contributed by atoms with Crippen LogP contribution in [0.15, 0.2) is 35.3 Å². The summed E-state index contributed by atoms with van der Waals surface area (Å²) in [6.45, 7) is 0.603. The van der Waals surface area contributed by atoms with Crippen molar-refractivity contribution in [3.63, 3.8) is 0 Å². The average molecular weight is 200 g/mol. The third-order valence-corrected chi connectivity index (χ3v) is 2.31. The molecule has 1 heterocycles. The molecule has 0 aromatic heterocycles. The molecule has 0 saturated heterocycles. The molecule has 0 fully saturated rings. The maximum absolute atomic E-state index is 8.49. The number of rotatable bonds is 3. The maximum atomic E-state index is 8.49. The van der Waals surface area contributed by atoms with Crippen molar-refractivity contribution in [1.82, 2.24) is 0 Å². The van der Waals surface area contributed by atoms with E-state index in [0.717, 1.165) is 6.42 Å². The average Bonchev–Trinajstić information content (AvgIpc) is 2.68. The first kappa shape index (κ1) is 9.72. The SMILES string of the molecule is N#CCC1=NC(Cc2ccccc2)CO1. The van der Waals surface area contributed by atoms with Gasteiger partial charge in [-0.3, -0.25) is 0 Å². The fourth-order valence-electron chi connectivity index (χ4n) is 1.63. The molecule has 0 radical (unpaired) electrons. The number of hydrogen-bond acceptors (Lipinski definition) is 3. The van der Waals surface area contributed by atoms with Crippen LogP contribution in [-0.2, 0) is 11.2 Å². The Hall–Kier alpha value is -1.82. The van der Waals surface area contributed by atoms with Crippen molar-refractivity contribution in [2.24, 2.45) is 4.99 Å². The molecule has 3 nitrogen and oxygen atoms in total. The molecule has 0 spiro atoms. The summed E-state index contributed by atoms with van der Waals surface area (Å²) in [6.07, 6.45) is 1.17. The zero-order valence-corrected chi connectivity index (χ0v) is 8.39.